The van der Waals surface area contributed by atoms with Crippen molar-refractivity contribution in [3.05, 3.63) is 35.9 Å². The van der Waals surface area contributed by atoms with Gasteiger partial charge in [-0.05, 0) is 13.3 Å². The second-order valence-electron chi connectivity index (χ2n) is 6.93. The third-order valence-corrected chi connectivity index (χ3v) is 4.02. The minimum atomic E-state index is -0.451. The average Bonchev–Trinajstić information content (AvgIpc) is 2.53. The number of rotatable bonds is 10. The minimum Gasteiger partial charge on any atom is -0.461 e. The van der Waals surface area contributed by atoms with Crippen molar-refractivity contribution in [2.45, 2.75) is 45.4 Å². The van der Waals surface area contributed by atoms with Crippen molar-refractivity contribution in [2.75, 3.05) is 26.5 Å². The molecule has 6 heteroatoms. The summed E-state index contributed by atoms with van der Waals surface area (Å²) in [6.45, 7) is 4.75. The van der Waals surface area contributed by atoms with E-state index in [4.69, 9.17) is 21.1 Å². The lowest BCUT2D eigenvalue weighted by Crippen LogP contribution is -2.44. The molecule has 2 unspecified atom stereocenters. The van der Waals surface area contributed by atoms with E-state index in [9.17, 15) is 9.59 Å². The number of quaternary nitrogens is 1. The summed E-state index contributed by atoms with van der Waals surface area (Å²) in [6.07, 6.45) is 0.509. The number of likely N-dealkylation sites (N-methyl/N-ethyl adjacent to an activating group) is 1. The predicted molar refractivity (Wildman–Crippen MR) is 98.2 cm³/mol. The van der Waals surface area contributed by atoms with Gasteiger partial charge >= 0.3 is 11.9 Å². The van der Waals surface area contributed by atoms with Crippen LogP contribution in [0.3, 0.4) is 0 Å². The standard InChI is InChI=1S/C19H29ClNO4/c1-5-17(25-18(22)12-20)11-15(2)24-19(23)14-21(3,4)13-16-9-7-6-8-10-16/h6-10,15,17H,5,11-14H2,1-4H3/q+1. The number of carbonyl (C=O) groups excluding carboxylic acids is 2. The molecule has 0 aliphatic rings. The first kappa shape index (κ1) is 21.5. The Kier molecular flexibility index (Phi) is 8.93. The lowest BCUT2D eigenvalue weighted by atomic mass is 10.1. The number of hydrogen-bond acceptors (Lipinski definition) is 4. The second kappa shape index (κ2) is 10.4. The molecule has 0 N–H and O–H groups in total. The van der Waals surface area contributed by atoms with Gasteiger partial charge in [0.05, 0.1) is 14.1 Å². The Morgan fingerprint density at radius 1 is 1.12 bits per heavy atom. The van der Waals surface area contributed by atoms with E-state index in [2.05, 4.69) is 0 Å². The number of esters is 2. The molecular weight excluding hydrogens is 342 g/mol. The van der Waals surface area contributed by atoms with Crippen molar-refractivity contribution >= 4 is 23.5 Å². The van der Waals surface area contributed by atoms with Crippen molar-refractivity contribution in [3.8, 4) is 0 Å². The largest absolute Gasteiger partial charge is 0.461 e. The van der Waals surface area contributed by atoms with Crippen LogP contribution in [0.25, 0.3) is 0 Å². The summed E-state index contributed by atoms with van der Waals surface area (Å²) in [6, 6.07) is 10.0. The number of halogens is 1. The number of hydrogen-bond donors (Lipinski definition) is 0. The molecule has 1 aromatic rings. The molecule has 140 valence electrons. The van der Waals surface area contributed by atoms with Gasteiger partial charge in [0.1, 0.15) is 24.6 Å². The Morgan fingerprint density at radius 2 is 1.76 bits per heavy atom. The van der Waals surface area contributed by atoms with E-state index in [0.29, 0.717) is 17.3 Å². The quantitative estimate of drug-likeness (QED) is 0.360. The Labute approximate surface area is 155 Å². The second-order valence-corrected chi connectivity index (χ2v) is 7.19. The molecule has 2 atom stereocenters. The third-order valence-electron chi connectivity index (χ3n) is 3.80. The van der Waals surface area contributed by atoms with Crippen LogP contribution in [0.5, 0.6) is 0 Å². The zero-order valence-corrected chi connectivity index (χ0v) is 16.3. The maximum atomic E-state index is 12.2. The van der Waals surface area contributed by atoms with E-state index in [-0.39, 0.29) is 30.6 Å². The predicted octanol–water partition coefficient (Wildman–Crippen LogP) is 3.15. The highest BCUT2D eigenvalue weighted by atomic mass is 35.5. The van der Waals surface area contributed by atoms with Crippen molar-refractivity contribution in [3.63, 3.8) is 0 Å². The fraction of sp³-hybridized carbons (Fsp3) is 0.579. The van der Waals surface area contributed by atoms with Gasteiger partial charge < -0.3 is 14.0 Å². The molecule has 1 aromatic carbocycles. The van der Waals surface area contributed by atoms with Gasteiger partial charge in [-0.3, -0.25) is 4.79 Å². The Hall–Kier alpha value is -1.59. The van der Waals surface area contributed by atoms with Gasteiger partial charge in [0.15, 0.2) is 6.54 Å². The monoisotopic (exact) mass is 370 g/mol. The van der Waals surface area contributed by atoms with Crippen LogP contribution in [0.15, 0.2) is 30.3 Å². The number of alkyl halides is 1. The highest BCUT2D eigenvalue weighted by Gasteiger charge is 2.24. The van der Waals surface area contributed by atoms with Crippen molar-refractivity contribution < 1.29 is 23.5 Å². The molecule has 0 aliphatic carbocycles. The molecule has 0 saturated heterocycles. The molecule has 5 nitrogen and oxygen atoms in total. The Balaban J connectivity index is 2.47. The maximum absolute atomic E-state index is 12.2. The molecule has 0 aromatic heterocycles. The smallest absolute Gasteiger partial charge is 0.362 e. The van der Waals surface area contributed by atoms with Crippen LogP contribution < -0.4 is 0 Å². The fourth-order valence-electron chi connectivity index (χ4n) is 2.68. The summed E-state index contributed by atoms with van der Waals surface area (Å²) in [5.41, 5.74) is 1.17. The molecule has 0 aliphatic heterocycles. The van der Waals surface area contributed by atoms with Crippen LogP contribution in [0.2, 0.25) is 0 Å². The van der Waals surface area contributed by atoms with E-state index in [1.54, 1.807) is 0 Å². The van der Waals surface area contributed by atoms with Gasteiger partial charge in [-0.25, -0.2) is 4.79 Å². The summed E-state index contributed by atoms with van der Waals surface area (Å²) in [5, 5.41) is 0. The lowest BCUT2D eigenvalue weighted by molar-refractivity contribution is -0.896. The van der Waals surface area contributed by atoms with Gasteiger partial charge in [-0.1, -0.05) is 37.3 Å². The number of carbonyl (C=O) groups is 2. The molecule has 0 heterocycles. The van der Waals surface area contributed by atoms with Gasteiger partial charge in [-0.2, -0.15) is 0 Å². The van der Waals surface area contributed by atoms with Crippen LogP contribution in [-0.4, -0.2) is 55.1 Å². The molecule has 1 rings (SSSR count). The van der Waals surface area contributed by atoms with Crippen LogP contribution in [0, 0.1) is 0 Å². The van der Waals surface area contributed by atoms with Gasteiger partial charge in [0, 0.05) is 12.0 Å². The van der Waals surface area contributed by atoms with Gasteiger partial charge in [-0.15, -0.1) is 11.6 Å². The zero-order valence-electron chi connectivity index (χ0n) is 15.5. The first-order valence-electron chi connectivity index (χ1n) is 8.56. The molecule has 0 fully saturated rings. The SMILES string of the molecule is CCC(CC(C)OC(=O)C[N+](C)(C)Cc1ccccc1)OC(=O)CCl. The van der Waals surface area contributed by atoms with E-state index >= 15 is 0 Å². The molecule has 0 spiro atoms. The summed E-state index contributed by atoms with van der Waals surface area (Å²) < 4.78 is 11.2. The van der Waals surface area contributed by atoms with Crippen LogP contribution in [-0.2, 0) is 25.6 Å². The van der Waals surface area contributed by atoms with Crippen molar-refractivity contribution in [1.29, 1.82) is 0 Å². The summed E-state index contributed by atoms with van der Waals surface area (Å²) in [4.78, 5) is 23.5. The third kappa shape index (κ3) is 8.89. The van der Waals surface area contributed by atoms with E-state index in [1.165, 1.54) is 5.56 Å². The zero-order chi connectivity index (χ0) is 18.9. The lowest BCUT2D eigenvalue weighted by Gasteiger charge is -2.29. The van der Waals surface area contributed by atoms with Crippen molar-refractivity contribution in [1.82, 2.24) is 0 Å². The topological polar surface area (TPSA) is 52.6 Å². The van der Waals surface area contributed by atoms with Crippen LogP contribution in [0.4, 0.5) is 0 Å². The summed E-state index contributed by atoms with van der Waals surface area (Å²) >= 11 is 5.45. The van der Waals surface area contributed by atoms with Crippen molar-refractivity contribution in [2.24, 2.45) is 0 Å². The number of nitrogens with zero attached hydrogens (tertiary/aromatic N) is 1. The van der Waals surface area contributed by atoms with Crippen LogP contribution >= 0.6 is 11.6 Å². The highest BCUT2D eigenvalue weighted by Crippen LogP contribution is 2.13. The Bertz CT molecular complexity index is 548. The first-order chi connectivity index (χ1) is 11.8. The van der Waals surface area contributed by atoms with E-state index in [1.807, 2.05) is 58.3 Å². The average molecular weight is 371 g/mol. The highest BCUT2D eigenvalue weighted by molar-refractivity contribution is 6.26. The first-order valence-corrected chi connectivity index (χ1v) is 9.10. The van der Waals surface area contributed by atoms with E-state index < -0.39 is 5.97 Å². The number of ether oxygens (including phenoxy) is 2. The minimum absolute atomic E-state index is 0.171. The van der Waals surface area contributed by atoms with Gasteiger partial charge in [0.25, 0.3) is 0 Å². The number of benzene rings is 1. The molecular formula is C19H29ClNO4+. The fourth-order valence-corrected chi connectivity index (χ4v) is 2.74. The van der Waals surface area contributed by atoms with Crippen LogP contribution in [0.1, 0.15) is 32.3 Å². The molecule has 25 heavy (non-hydrogen) atoms. The normalized spacial score (nSPS) is 13.8. The summed E-state index contributed by atoms with van der Waals surface area (Å²) in [7, 11) is 3.99. The molecule has 0 radical (unpaired) electrons. The van der Waals surface area contributed by atoms with Gasteiger partial charge in [0.2, 0.25) is 0 Å². The maximum Gasteiger partial charge on any atom is 0.362 e. The summed E-state index contributed by atoms with van der Waals surface area (Å²) in [5.74, 6) is -0.879. The molecule has 0 amide bonds. The molecule has 0 saturated carbocycles. The van der Waals surface area contributed by atoms with E-state index in [0.717, 1.165) is 6.54 Å². The molecule has 0 bridgehead atoms. The Morgan fingerprint density at radius 3 is 2.32 bits per heavy atom.